The molecule has 0 aromatic heterocycles. The summed E-state index contributed by atoms with van der Waals surface area (Å²) in [6.07, 6.45) is 1.71. The Hall–Kier alpha value is -4.16. The quantitative estimate of drug-likeness (QED) is 0.111. The Balaban J connectivity index is 1.89. The second kappa shape index (κ2) is 18.4. The molecule has 4 aromatic carbocycles. The van der Waals surface area contributed by atoms with E-state index in [1.165, 1.54) is 62.6 Å². The van der Waals surface area contributed by atoms with Gasteiger partial charge in [0.1, 0.15) is 18.3 Å². The molecule has 272 valence electrons. The maximum absolute atomic E-state index is 14.8. The van der Waals surface area contributed by atoms with Gasteiger partial charge in [0.25, 0.3) is 10.0 Å². The van der Waals surface area contributed by atoms with Crippen molar-refractivity contribution in [3.8, 4) is 17.2 Å². The van der Waals surface area contributed by atoms with Crippen LogP contribution in [0.5, 0.6) is 17.2 Å². The smallest absolute Gasteiger partial charge is 0.265 e. The van der Waals surface area contributed by atoms with Crippen LogP contribution in [0.25, 0.3) is 0 Å². The Bertz CT molecular complexity index is 1930. The Morgan fingerprint density at radius 2 is 1.45 bits per heavy atom. The van der Waals surface area contributed by atoms with Crippen LogP contribution in [0.1, 0.15) is 30.9 Å². The minimum atomic E-state index is -4.53. The molecule has 0 aliphatic heterocycles. The Kier molecular flexibility index (Phi) is 14.3. The number of anilines is 1. The van der Waals surface area contributed by atoms with Gasteiger partial charge in [-0.25, -0.2) is 8.42 Å². The van der Waals surface area contributed by atoms with Crippen LogP contribution < -0.4 is 23.8 Å². The van der Waals surface area contributed by atoms with Gasteiger partial charge in [-0.2, -0.15) is 0 Å². The average Bonchev–Trinajstić information content (AvgIpc) is 3.12. The summed E-state index contributed by atoms with van der Waals surface area (Å²) in [5.41, 5.74) is 1.30. The molecule has 4 aromatic rings. The van der Waals surface area contributed by atoms with E-state index in [2.05, 4.69) is 5.32 Å². The first-order valence-electron chi connectivity index (χ1n) is 16.1. The number of rotatable bonds is 17. The molecule has 14 heteroatoms. The lowest BCUT2D eigenvalue weighted by atomic mass is 10.0. The number of carbonyl (C=O) groups is 2. The van der Waals surface area contributed by atoms with Gasteiger partial charge in [-0.05, 0) is 60.0 Å². The number of sulfonamides is 1. The van der Waals surface area contributed by atoms with E-state index in [0.29, 0.717) is 22.9 Å². The first-order valence-corrected chi connectivity index (χ1v) is 18.6. The molecule has 0 bridgehead atoms. The number of ether oxygens (including phenoxy) is 3. The summed E-state index contributed by atoms with van der Waals surface area (Å²) in [5, 5.41) is 3.82. The van der Waals surface area contributed by atoms with Crippen LogP contribution in [-0.4, -0.2) is 65.6 Å². The van der Waals surface area contributed by atoms with E-state index in [1.807, 2.05) is 37.3 Å². The van der Waals surface area contributed by atoms with Crippen LogP contribution in [0.4, 0.5) is 5.69 Å². The summed E-state index contributed by atoms with van der Waals surface area (Å²) in [6.45, 7) is 1.52. The highest BCUT2D eigenvalue weighted by Crippen LogP contribution is 2.37. The molecule has 1 atom stereocenters. The van der Waals surface area contributed by atoms with Crippen molar-refractivity contribution in [1.29, 1.82) is 0 Å². The number of benzene rings is 4. The third kappa shape index (κ3) is 10.0. The fourth-order valence-corrected chi connectivity index (χ4v) is 7.44. The molecule has 2 amide bonds. The van der Waals surface area contributed by atoms with E-state index in [1.54, 1.807) is 18.2 Å². The third-order valence-corrected chi connectivity index (χ3v) is 10.7. The molecule has 0 aliphatic rings. The van der Waals surface area contributed by atoms with E-state index in [0.717, 1.165) is 22.7 Å². The van der Waals surface area contributed by atoms with E-state index in [9.17, 15) is 18.0 Å². The molecule has 0 saturated carbocycles. The molecule has 51 heavy (non-hydrogen) atoms. The number of nitrogens with one attached hydrogen (secondary N) is 1. The highest BCUT2D eigenvalue weighted by Gasteiger charge is 2.36. The van der Waals surface area contributed by atoms with E-state index >= 15 is 0 Å². The number of amides is 2. The minimum Gasteiger partial charge on any atom is -0.495 e. The molecule has 0 spiro atoms. The minimum absolute atomic E-state index is 0.00427. The number of carbonyl (C=O) groups excluding carboxylic acids is 2. The summed E-state index contributed by atoms with van der Waals surface area (Å²) in [6, 6.07) is 21.5. The number of hydrogen-bond acceptors (Lipinski definition) is 7. The number of hydrogen-bond donors (Lipinski definition) is 1. The van der Waals surface area contributed by atoms with Gasteiger partial charge < -0.3 is 24.4 Å². The molecule has 0 aliphatic carbocycles. The van der Waals surface area contributed by atoms with Crippen molar-refractivity contribution in [2.24, 2.45) is 0 Å². The normalized spacial score (nSPS) is 11.7. The molecule has 0 heterocycles. The van der Waals surface area contributed by atoms with Crippen LogP contribution in [0.2, 0.25) is 15.1 Å². The van der Waals surface area contributed by atoms with Gasteiger partial charge in [-0.1, -0.05) is 84.5 Å². The summed E-state index contributed by atoms with van der Waals surface area (Å²) in [5.74, 6) is -0.488. The number of methoxy groups -OCH3 is 3. The third-order valence-electron chi connectivity index (χ3n) is 8.09. The molecule has 10 nitrogen and oxygen atoms in total. The van der Waals surface area contributed by atoms with E-state index in [-0.39, 0.29) is 45.1 Å². The molecule has 0 radical (unpaired) electrons. The maximum Gasteiger partial charge on any atom is 0.265 e. The Morgan fingerprint density at radius 3 is 2.10 bits per heavy atom. The van der Waals surface area contributed by atoms with Crippen molar-refractivity contribution in [3.63, 3.8) is 0 Å². The van der Waals surface area contributed by atoms with Crippen molar-refractivity contribution >= 4 is 62.3 Å². The van der Waals surface area contributed by atoms with Crippen LogP contribution >= 0.6 is 34.8 Å². The van der Waals surface area contributed by atoms with Crippen molar-refractivity contribution in [2.45, 2.75) is 43.7 Å². The first-order chi connectivity index (χ1) is 24.4. The molecule has 4 rings (SSSR count). The van der Waals surface area contributed by atoms with E-state index in [4.69, 9.17) is 49.0 Å². The highest BCUT2D eigenvalue weighted by atomic mass is 35.5. The fourth-order valence-electron chi connectivity index (χ4n) is 5.37. The summed E-state index contributed by atoms with van der Waals surface area (Å²) in [7, 11) is -0.342. The average molecular weight is 777 g/mol. The van der Waals surface area contributed by atoms with Crippen molar-refractivity contribution in [1.82, 2.24) is 10.2 Å². The lowest BCUT2D eigenvalue weighted by Crippen LogP contribution is -2.53. The van der Waals surface area contributed by atoms with Gasteiger partial charge in [0.05, 0.1) is 31.9 Å². The highest BCUT2D eigenvalue weighted by molar-refractivity contribution is 7.92. The van der Waals surface area contributed by atoms with Crippen molar-refractivity contribution < 1.29 is 32.2 Å². The van der Waals surface area contributed by atoms with Gasteiger partial charge in [-0.3, -0.25) is 13.9 Å². The Labute approximate surface area is 314 Å². The lowest BCUT2D eigenvalue weighted by Gasteiger charge is -2.34. The van der Waals surface area contributed by atoms with Gasteiger partial charge in [0.15, 0.2) is 11.5 Å². The fraction of sp³-hybridized carbons (Fsp3) is 0.297. The summed E-state index contributed by atoms with van der Waals surface area (Å²) in [4.78, 5) is 30.0. The molecular formula is C37H40Cl3N3O7S. The lowest BCUT2D eigenvalue weighted by molar-refractivity contribution is -0.140. The van der Waals surface area contributed by atoms with Crippen LogP contribution in [-0.2, 0) is 32.6 Å². The van der Waals surface area contributed by atoms with Gasteiger partial charge >= 0.3 is 0 Å². The molecule has 1 unspecified atom stereocenters. The zero-order valence-corrected chi connectivity index (χ0v) is 31.8. The second-order valence-electron chi connectivity index (χ2n) is 11.5. The predicted octanol–water partition coefficient (Wildman–Crippen LogP) is 7.42. The summed E-state index contributed by atoms with van der Waals surface area (Å²) >= 11 is 19.2. The number of halogens is 3. The standard InChI is InChI=1S/C37H40Cl3N3O7S/c1-5-6-18-41-37(45)32(19-25-10-8-7-9-11-25)42(23-26-12-13-27(38)20-30(26)40)36(44)24-43(31-21-28(39)14-16-33(31)48-2)51(46,47)29-15-17-34(49-3)35(22-29)50-4/h7-17,20-22,32H,5-6,18-19,23-24H2,1-4H3,(H,41,45). The van der Waals surface area contributed by atoms with Crippen LogP contribution in [0.15, 0.2) is 89.8 Å². The predicted molar refractivity (Wildman–Crippen MR) is 201 cm³/mol. The van der Waals surface area contributed by atoms with Crippen LogP contribution in [0, 0.1) is 0 Å². The van der Waals surface area contributed by atoms with E-state index < -0.39 is 34.4 Å². The Morgan fingerprint density at radius 1 is 0.804 bits per heavy atom. The molecule has 0 saturated heterocycles. The van der Waals surface area contributed by atoms with Gasteiger partial charge in [0, 0.05) is 40.6 Å². The molecular weight excluding hydrogens is 737 g/mol. The topological polar surface area (TPSA) is 114 Å². The van der Waals surface area contributed by atoms with Crippen molar-refractivity contribution in [3.05, 3.63) is 111 Å². The molecule has 0 fully saturated rings. The number of unbranched alkanes of at least 4 members (excludes halogenated alkanes) is 1. The zero-order valence-electron chi connectivity index (χ0n) is 28.7. The van der Waals surface area contributed by atoms with Crippen LogP contribution in [0.3, 0.4) is 0 Å². The molecule has 1 N–H and O–H groups in total. The summed E-state index contributed by atoms with van der Waals surface area (Å²) < 4.78 is 46.4. The second-order valence-corrected chi connectivity index (χ2v) is 14.6. The van der Waals surface area contributed by atoms with Crippen molar-refractivity contribution in [2.75, 3.05) is 38.7 Å². The maximum atomic E-state index is 14.8. The number of nitrogens with zero attached hydrogens (tertiary/aromatic N) is 2. The first kappa shape index (κ1) is 39.6. The largest absolute Gasteiger partial charge is 0.495 e. The SMILES string of the molecule is CCCCNC(=O)C(Cc1ccccc1)N(Cc1ccc(Cl)cc1Cl)C(=O)CN(c1cc(Cl)ccc1OC)S(=O)(=O)c1ccc(OC)c(OC)c1. The zero-order chi connectivity index (χ0) is 37.1. The monoisotopic (exact) mass is 775 g/mol. The van der Waals surface area contributed by atoms with Gasteiger partial charge in [0.2, 0.25) is 11.8 Å². The van der Waals surface area contributed by atoms with Gasteiger partial charge in [-0.15, -0.1) is 0 Å².